The van der Waals surface area contributed by atoms with Crippen LogP contribution in [0.3, 0.4) is 0 Å². The van der Waals surface area contributed by atoms with Crippen LogP contribution in [-0.4, -0.2) is 5.25 Å². The van der Waals surface area contributed by atoms with Gasteiger partial charge >= 0.3 is 0 Å². The van der Waals surface area contributed by atoms with Crippen molar-refractivity contribution in [3.63, 3.8) is 0 Å². The summed E-state index contributed by atoms with van der Waals surface area (Å²) in [5, 5.41) is 2.32. The molecule has 0 fully saturated rings. The first kappa shape index (κ1) is 16.0. The zero-order chi connectivity index (χ0) is 14.5. The largest absolute Gasteiger partial charge is 0.120 e. The quantitative estimate of drug-likeness (QED) is 0.552. The molecule has 1 unspecified atom stereocenters. The van der Waals surface area contributed by atoms with E-state index in [2.05, 4.69) is 6.92 Å². The Kier molecular flexibility index (Phi) is 6.10. The molecule has 0 heterocycles. The van der Waals surface area contributed by atoms with Gasteiger partial charge in [0.15, 0.2) is 0 Å². The van der Waals surface area contributed by atoms with Gasteiger partial charge in [-0.3, -0.25) is 0 Å². The van der Waals surface area contributed by atoms with Crippen LogP contribution in [-0.2, 0) is 6.42 Å². The third kappa shape index (κ3) is 4.60. The topological polar surface area (TPSA) is 0 Å². The fourth-order valence-electron chi connectivity index (χ4n) is 1.80. The first-order chi connectivity index (χ1) is 9.56. The van der Waals surface area contributed by atoms with Crippen molar-refractivity contribution in [2.75, 3.05) is 0 Å². The number of aryl methyl sites for hydroxylation is 1. The summed E-state index contributed by atoms with van der Waals surface area (Å²) in [5.41, 5.74) is 1.26. The maximum Gasteiger partial charge on any atom is 0.0557 e. The molecule has 0 aliphatic rings. The minimum absolute atomic E-state index is 0.197. The van der Waals surface area contributed by atoms with Gasteiger partial charge in [-0.25, -0.2) is 0 Å². The maximum absolute atomic E-state index is 6.16. The molecule has 0 saturated heterocycles. The monoisotopic (exact) mass is 343 g/mol. The molecule has 0 spiro atoms. The van der Waals surface area contributed by atoms with Gasteiger partial charge < -0.3 is 0 Å². The van der Waals surface area contributed by atoms with E-state index in [1.165, 1.54) is 5.56 Å². The molecule has 0 aliphatic carbocycles. The predicted octanol–water partition coefficient (Wildman–Crippen LogP) is 6.57. The van der Waals surface area contributed by atoms with Crippen molar-refractivity contribution in [2.45, 2.75) is 23.0 Å². The Hall–Kier alpha value is -0.340. The molecule has 0 bridgehead atoms. The Morgan fingerprint density at radius 1 is 0.950 bits per heavy atom. The maximum atomic E-state index is 6.16. The number of rotatable bonds is 5. The van der Waals surface area contributed by atoms with Crippen molar-refractivity contribution in [1.29, 1.82) is 0 Å². The smallest absolute Gasteiger partial charge is 0.0557 e. The van der Waals surface area contributed by atoms with E-state index in [9.17, 15) is 0 Å². The molecule has 0 saturated carbocycles. The standard InChI is InChI=1S/C16H14Cl3S/c1-11(5-6-12-7-9-13(17)10-8-12)20-16-14(18)3-2-4-15(16)19/h2-4,7-11H,1,5-6H2. The fraction of sp³-hybridized carbons (Fsp3) is 0.188. The fourth-order valence-corrected chi connectivity index (χ4v) is 3.52. The van der Waals surface area contributed by atoms with Gasteiger partial charge in [0.2, 0.25) is 0 Å². The molecule has 0 aromatic heterocycles. The van der Waals surface area contributed by atoms with E-state index >= 15 is 0 Å². The van der Waals surface area contributed by atoms with Crippen LogP contribution in [0.2, 0.25) is 15.1 Å². The SMILES string of the molecule is [CH2]C(CCc1ccc(Cl)cc1)Sc1c(Cl)cccc1Cl. The van der Waals surface area contributed by atoms with Crippen LogP contribution in [0.1, 0.15) is 12.0 Å². The van der Waals surface area contributed by atoms with Crippen molar-refractivity contribution < 1.29 is 0 Å². The van der Waals surface area contributed by atoms with Crippen LogP contribution in [0.5, 0.6) is 0 Å². The zero-order valence-corrected chi connectivity index (χ0v) is 13.9. The molecule has 2 aromatic rings. The normalized spacial score (nSPS) is 12.4. The van der Waals surface area contributed by atoms with Crippen molar-refractivity contribution in [3.05, 3.63) is 70.0 Å². The van der Waals surface area contributed by atoms with E-state index in [0.29, 0.717) is 10.0 Å². The molecule has 4 heteroatoms. The number of hydrogen-bond donors (Lipinski definition) is 0. The van der Waals surface area contributed by atoms with E-state index in [0.717, 1.165) is 22.8 Å². The average molecular weight is 345 g/mol. The number of halogens is 3. The molecule has 20 heavy (non-hydrogen) atoms. The van der Waals surface area contributed by atoms with Gasteiger partial charge in [0.25, 0.3) is 0 Å². The summed E-state index contributed by atoms with van der Waals surface area (Å²) in [7, 11) is 0. The minimum atomic E-state index is 0.197. The van der Waals surface area contributed by atoms with Gasteiger partial charge in [0.1, 0.15) is 0 Å². The molecule has 0 N–H and O–H groups in total. The Bertz CT molecular complexity index is 546. The summed E-state index contributed by atoms with van der Waals surface area (Å²) >= 11 is 19.8. The summed E-state index contributed by atoms with van der Waals surface area (Å²) < 4.78 is 0. The molecule has 105 valence electrons. The van der Waals surface area contributed by atoms with Gasteiger partial charge in [0.05, 0.1) is 10.0 Å². The number of thioether (sulfide) groups is 1. The Labute approximate surface area is 139 Å². The van der Waals surface area contributed by atoms with Crippen molar-refractivity contribution in [3.8, 4) is 0 Å². The van der Waals surface area contributed by atoms with E-state index in [4.69, 9.17) is 34.8 Å². The molecule has 2 aromatic carbocycles. The highest BCUT2D eigenvalue weighted by molar-refractivity contribution is 8.00. The average Bonchev–Trinajstić information content (AvgIpc) is 2.42. The first-order valence-electron chi connectivity index (χ1n) is 6.24. The van der Waals surface area contributed by atoms with Gasteiger partial charge in [0, 0.05) is 15.2 Å². The van der Waals surface area contributed by atoms with Crippen LogP contribution in [0.25, 0.3) is 0 Å². The highest BCUT2D eigenvalue weighted by Crippen LogP contribution is 2.37. The number of hydrogen-bond acceptors (Lipinski definition) is 1. The molecule has 2 rings (SSSR count). The zero-order valence-electron chi connectivity index (χ0n) is 10.8. The van der Waals surface area contributed by atoms with Crippen LogP contribution in [0, 0.1) is 6.92 Å². The molecule has 0 aliphatic heterocycles. The predicted molar refractivity (Wildman–Crippen MR) is 91.2 cm³/mol. The lowest BCUT2D eigenvalue weighted by Crippen LogP contribution is -1.99. The van der Waals surface area contributed by atoms with Gasteiger partial charge in [-0.1, -0.05) is 53.0 Å². The van der Waals surface area contributed by atoms with E-state index in [-0.39, 0.29) is 5.25 Å². The highest BCUT2D eigenvalue weighted by atomic mass is 35.5. The van der Waals surface area contributed by atoms with Crippen LogP contribution < -0.4 is 0 Å². The van der Waals surface area contributed by atoms with E-state index in [1.807, 2.05) is 42.5 Å². The Morgan fingerprint density at radius 2 is 1.55 bits per heavy atom. The molecule has 0 nitrogen and oxygen atoms in total. The van der Waals surface area contributed by atoms with Crippen molar-refractivity contribution >= 4 is 46.6 Å². The second-order valence-electron chi connectivity index (χ2n) is 4.46. The van der Waals surface area contributed by atoms with Crippen LogP contribution in [0.15, 0.2) is 47.4 Å². The molecule has 1 radical (unpaired) electrons. The lowest BCUT2D eigenvalue weighted by molar-refractivity contribution is 0.854. The summed E-state index contributed by atoms with van der Waals surface area (Å²) in [6.45, 7) is 4.17. The third-order valence-corrected chi connectivity index (χ3v) is 5.22. The summed E-state index contributed by atoms with van der Waals surface area (Å²) in [4.78, 5) is 0.909. The first-order valence-corrected chi connectivity index (χ1v) is 8.26. The Balaban J connectivity index is 1.92. The van der Waals surface area contributed by atoms with Gasteiger partial charge in [-0.05, 0) is 49.6 Å². The molecule has 1 atom stereocenters. The lowest BCUT2D eigenvalue weighted by Gasteiger charge is -2.13. The summed E-state index contributed by atoms with van der Waals surface area (Å²) in [5.74, 6) is 0. The van der Waals surface area contributed by atoms with E-state index < -0.39 is 0 Å². The Morgan fingerprint density at radius 3 is 2.15 bits per heavy atom. The lowest BCUT2D eigenvalue weighted by atomic mass is 10.1. The highest BCUT2D eigenvalue weighted by Gasteiger charge is 2.11. The van der Waals surface area contributed by atoms with Crippen LogP contribution >= 0.6 is 46.6 Å². The van der Waals surface area contributed by atoms with Crippen molar-refractivity contribution in [1.82, 2.24) is 0 Å². The molecular weight excluding hydrogens is 331 g/mol. The van der Waals surface area contributed by atoms with E-state index in [1.54, 1.807) is 11.8 Å². The van der Waals surface area contributed by atoms with Crippen molar-refractivity contribution in [2.24, 2.45) is 0 Å². The second kappa shape index (κ2) is 7.61. The number of benzene rings is 2. The second-order valence-corrected chi connectivity index (χ2v) is 7.02. The molecule has 0 amide bonds. The molecular formula is C16H14Cl3S. The van der Waals surface area contributed by atoms with Gasteiger partial charge in [-0.15, -0.1) is 11.8 Å². The summed E-state index contributed by atoms with van der Waals surface area (Å²) in [6.07, 6.45) is 1.91. The third-order valence-electron chi connectivity index (χ3n) is 2.87. The van der Waals surface area contributed by atoms with Gasteiger partial charge in [-0.2, -0.15) is 0 Å². The van der Waals surface area contributed by atoms with Crippen LogP contribution in [0.4, 0.5) is 0 Å². The summed E-state index contributed by atoms with van der Waals surface area (Å²) in [6, 6.07) is 13.5. The minimum Gasteiger partial charge on any atom is -0.120 e.